The SMILES string of the molecule is O=C(O)CCc1ccc(N2CCC(N3CCC(=O)NC3=O)CC2)cc1. The number of hydrogen-bond acceptors (Lipinski definition) is 4. The highest BCUT2D eigenvalue weighted by molar-refractivity contribution is 5.96. The van der Waals surface area contributed by atoms with Crippen molar-refractivity contribution < 1.29 is 19.5 Å². The molecular weight excluding hydrogens is 322 g/mol. The number of rotatable bonds is 5. The predicted molar refractivity (Wildman–Crippen MR) is 92.5 cm³/mol. The molecule has 7 nitrogen and oxygen atoms in total. The Morgan fingerprint density at radius 1 is 1.12 bits per heavy atom. The lowest BCUT2D eigenvalue weighted by molar-refractivity contribution is -0.137. The third-order valence-electron chi connectivity index (χ3n) is 4.92. The molecule has 0 atom stereocenters. The number of amides is 3. The molecule has 3 rings (SSSR count). The van der Waals surface area contributed by atoms with Gasteiger partial charge < -0.3 is 14.9 Å². The fourth-order valence-electron chi connectivity index (χ4n) is 3.49. The molecule has 0 radical (unpaired) electrons. The van der Waals surface area contributed by atoms with Crippen LogP contribution in [0.5, 0.6) is 0 Å². The number of carboxylic acid groups (broad SMARTS) is 1. The highest BCUT2D eigenvalue weighted by Gasteiger charge is 2.31. The largest absolute Gasteiger partial charge is 0.481 e. The van der Waals surface area contributed by atoms with Crippen molar-refractivity contribution in [3.63, 3.8) is 0 Å². The number of urea groups is 1. The summed E-state index contributed by atoms with van der Waals surface area (Å²) in [7, 11) is 0. The molecule has 134 valence electrons. The van der Waals surface area contributed by atoms with Crippen LogP contribution in [0.25, 0.3) is 0 Å². The second-order valence-electron chi connectivity index (χ2n) is 6.58. The van der Waals surface area contributed by atoms with Crippen LogP contribution in [0.1, 0.15) is 31.2 Å². The zero-order valence-electron chi connectivity index (χ0n) is 14.1. The number of piperidine rings is 1. The van der Waals surface area contributed by atoms with Crippen LogP contribution in [0, 0.1) is 0 Å². The first-order valence-electron chi connectivity index (χ1n) is 8.69. The number of imide groups is 1. The summed E-state index contributed by atoms with van der Waals surface area (Å²) in [4.78, 5) is 37.9. The van der Waals surface area contributed by atoms with E-state index in [9.17, 15) is 14.4 Å². The fraction of sp³-hybridized carbons (Fsp3) is 0.500. The third kappa shape index (κ3) is 4.29. The Labute approximate surface area is 146 Å². The van der Waals surface area contributed by atoms with Crippen LogP contribution in [-0.4, -0.2) is 53.6 Å². The smallest absolute Gasteiger partial charge is 0.324 e. The Hall–Kier alpha value is -2.57. The van der Waals surface area contributed by atoms with Gasteiger partial charge in [0.25, 0.3) is 0 Å². The number of aliphatic carboxylic acids is 1. The molecule has 0 unspecified atom stereocenters. The van der Waals surface area contributed by atoms with E-state index in [-0.39, 0.29) is 24.4 Å². The maximum Gasteiger partial charge on any atom is 0.324 e. The summed E-state index contributed by atoms with van der Waals surface area (Å²) in [5, 5.41) is 11.1. The van der Waals surface area contributed by atoms with Crippen LogP contribution in [0.2, 0.25) is 0 Å². The van der Waals surface area contributed by atoms with Crippen molar-refractivity contribution in [2.24, 2.45) is 0 Å². The molecule has 2 aliphatic rings. The zero-order chi connectivity index (χ0) is 17.8. The number of anilines is 1. The van der Waals surface area contributed by atoms with E-state index in [2.05, 4.69) is 10.2 Å². The molecule has 25 heavy (non-hydrogen) atoms. The van der Waals surface area contributed by atoms with Crippen LogP contribution in [0.4, 0.5) is 10.5 Å². The molecule has 0 saturated carbocycles. The minimum absolute atomic E-state index is 0.144. The normalized spacial score (nSPS) is 19.0. The maximum atomic E-state index is 11.9. The van der Waals surface area contributed by atoms with Crippen molar-refractivity contribution in [3.8, 4) is 0 Å². The highest BCUT2D eigenvalue weighted by atomic mass is 16.4. The van der Waals surface area contributed by atoms with Gasteiger partial charge in [0.15, 0.2) is 0 Å². The Kier molecular flexibility index (Phi) is 5.21. The van der Waals surface area contributed by atoms with Crippen molar-refractivity contribution in [3.05, 3.63) is 29.8 Å². The predicted octanol–water partition coefficient (Wildman–Crippen LogP) is 1.61. The molecule has 0 aromatic heterocycles. The second-order valence-corrected chi connectivity index (χ2v) is 6.58. The van der Waals surface area contributed by atoms with Crippen molar-refractivity contribution >= 4 is 23.6 Å². The lowest BCUT2D eigenvalue weighted by Gasteiger charge is -2.40. The monoisotopic (exact) mass is 345 g/mol. The number of hydrogen-bond donors (Lipinski definition) is 2. The van der Waals surface area contributed by atoms with E-state index in [0.717, 1.165) is 37.2 Å². The first-order valence-corrected chi connectivity index (χ1v) is 8.69. The molecular formula is C18H23N3O4. The molecule has 7 heteroatoms. The summed E-state index contributed by atoms with van der Waals surface area (Å²) in [6, 6.07) is 7.94. The minimum atomic E-state index is -0.783. The van der Waals surface area contributed by atoms with Gasteiger partial charge in [0.2, 0.25) is 5.91 Å². The van der Waals surface area contributed by atoms with Gasteiger partial charge in [-0.25, -0.2) is 4.79 Å². The third-order valence-corrected chi connectivity index (χ3v) is 4.92. The molecule has 0 spiro atoms. The van der Waals surface area contributed by atoms with Crippen LogP contribution in [0.3, 0.4) is 0 Å². The van der Waals surface area contributed by atoms with Gasteiger partial charge in [0.05, 0.1) is 0 Å². The summed E-state index contributed by atoms with van der Waals surface area (Å²) in [5.74, 6) is -0.976. The summed E-state index contributed by atoms with van der Waals surface area (Å²) in [6.07, 6.45) is 2.82. The lowest BCUT2D eigenvalue weighted by atomic mass is 10.0. The summed E-state index contributed by atoms with van der Waals surface area (Å²) in [6.45, 7) is 2.22. The molecule has 2 heterocycles. The van der Waals surface area contributed by atoms with Crippen molar-refractivity contribution in [1.82, 2.24) is 10.2 Å². The van der Waals surface area contributed by atoms with Gasteiger partial charge in [-0.15, -0.1) is 0 Å². The van der Waals surface area contributed by atoms with E-state index in [1.165, 1.54) is 0 Å². The molecule has 2 N–H and O–H groups in total. The maximum absolute atomic E-state index is 11.9. The number of nitrogens with zero attached hydrogens (tertiary/aromatic N) is 2. The van der Waals surface area contributed by atoms with E-state index in [4.69, 9.17) is 5.11 Å². The summed E-state index contributed by atoms with van der Waals surface area (Å²) < 4.78 is 0. The van der Waals surface area contributed by atoms with Gasteiger partial charge in [-0.3, -0.25) is 14.9 Å². The average Bonchev–Trinajstić information content (AvgIpc) is 2.61. The summed E-state index contributed by atoms with van der Waals surface area (Å²) >= 11 is 0. The van der Waals surface area contributed by atoms with Gasteiger partial charge in [-0.05, 0) is 37.0 Å². The van der Waals surface area contributed by atoms with E-state index < -0.39 is 5.97 Å². The number of aryl methyl sites for hydroxylation is 1. The van der Waals surface area contributed by atoms with Crippen molar-refractivity contribution in [2.45, 2.75) is 38.1 Å². The molecule has 2 saturated heterocycles. The van der Waals surface area contributed by atoms with Crippen molar-refractivity contribution in [2.75, 3.05) is 24.5 Å². The van der Waals surface area contributed by atoms with Gasteiger partial charge in [-0.1, -0.05) is 12.1 Å². The Morgan fingerprint density at radius 2 is 1.80 bits per heavy atom. The quantitative estimate of drug-likeness (QED) is 0.846. The Balaban J connectivity index is 1.52. The number of carbonyl (C=O) groups is 3. The van der Waals surface area contributed by atoms with Crippen LogP contribution < -0.4 is 10.2 Å². The van der Waals surface area contributed by atoms with E-state index in [1.54, 1.807) is 4.90 Å². The topological polar surface area (TPSA) is 89.9 Å². The molecule has 0 bridgehead atoms. The number of carbonyl (C=O) groups excluding carboxylic acids is 2. The van der Waals surface area contributed by atoms with Crippen LogP contribution in [0.15, 0.2) is 24.3 Å². The van der Waals surface area contributed by atoms with Crippen LogP contribution >= 0.6 is 0 Å². The van der Waals surface area contributed by atoms with Crippen LogP contribution in [-0.2, 0) is 16.0 Å². The second kappa shape index (κ2) is 7.55. The standard InChI is InChI=1S/C18H23N3O4/c22-16-9-12-21(18(25)19-16)15-7-10-20(11-8-15)14-4-1-13(2-5-14)3-6-17(23)24/h1-2,4-5,15H,3,6-12H2,(H,23,24)(H,19,22,25). The molecule has 1 aromatic carbocycles. The van der Waals surface area contributed by atoms with E-state index in [0.29, 0.717) is 19.4 Å². The van der Waals surface area contributed by atoms with Gasteiger partial charge in [0, 0.05) is 44.2 Å². The molecule has 2 aliphatic heterocycles. The molecule has 2 fully saturated rings. The van der Waals surface area contributed by atoms with E-state index >= 15 is 0 Å². The fourth-order valence-corrected chi connectivity index (χ4v) is 3.49. The van der Waals surface area contributed by atoms with Crippen molar-refractivity contribution in [1.29, 1.82) is 0 Å². The van der Waals surface area contributed by atoms with Gasteiger partial charge in [0.1, 0.15) is 0 Å². The number of carboxylic acids is 1. The number of nitrogens with one attached hydrogen (secondary N) is 1. The minimum Gasteiger partial charge on any atom is -0.481 e. The lowest BCUT2D eigenvalue weighted by Crippen LogP contribution is -2.56. The Bertz CT molecular complexity index is 651. The number of benzene rings is 1. The first kappa shape index (κ1) is 17.3. The first-order chi connectivity index (χ1) is 12.0. The van der Waals surface area contributed by atoms with Gasteiger partial charge >= 0.3 is 12.0 Å². The van der Waals surface area contributed by atoms with E-state index in [1.807, 2.05) is 24.3 Å². The Morgan fingerprint density at radius 3 is 2.40 bits per heavy atom. The molecule has 0 aliphatic carbocycles. The highest BCUT2D eigenvalue weighted by Crippen LogP contribution is 2.24. The zero-order valence-corrected chi connectivity index (χ0v) is 14.1. The molecule has 3 amide bonds. The summed E-state index contributed by atoms with van der Waals surface area (Å²) in [5.41, 5.74) is 2.14. The molecule has 1 aromatic rings. The van der Waals surface area contributed by atoms with Gasteiger partial charge in [-0.2, -0.15) is 0 Å². The average molecular weight is 345 g/mol.